The Morgan fingerprint density at radius 3 is 2.47 bits per heavy atom. The second-order valence-corrected chi connectivity index (χ2v) is 7.24. The quantitative estimate of drug-likeness (QED) is 0.866. The second-order valence-electron chi connectivity index (χ2n) is 4.33. The summed E-state index contributed by atoms with van der Waals surface area (Å²) in [6, 6.07) is 2.72. The molecule has 1 N–H and O–H groups in total. The lowest BCUT2D eigenvalue weighted by atomic mass is 10.1. The maximum absolute atomic E-state index is 12.0. The molecule has 0 aliphatic rings. The molecule has 1 atom stereocenters. The Bertz CT molecular complexity index is 599. The molecule has 0 fully saturated rings. The van der Waals surface area contributed by atoms with Gasteiger partial charge in [-0.3, -0.25) is 4.79 Å². The standard InChI is InChI=1S/C12H15Cl2NO3S/c1-4-8(3)15-12(16)9-5-7(2)11(13)10(6-9)19(14,17)18/h5-6,8H,4H2,1-3H3,(H,15,16). The van der Waals surface area contributed by atoms with E-state index in [1.165, 1.54) is 12.1 Å². The molecule has 1 amide bonds. The van der Waals surface area contributed by atoms with E-state index in [0.717, 1.165) is 6.42 Å². The Balaban J connectivity index is 3.25. The molecule has 0 aliphatic carbocycles. The molecule has 0 radical (unpaired) electrons. The van der Waals surface area contributed by atoms with Gasteiger partial charge >= 0.3 is 0 Å². The van der Waals surface area contributed by atoms with Crippen LogP contribution >= 0.6 is 22.3 Å². The van der Waals surface area contributed by atoms with Crippen LogP contribution in [-0.2, 0) is 9.05 Å². The maximum atomic E-state index is 12.0. The number of amides is 1. The Hall–Kier alpha value is -0.780. The van der Waals surface area contributed by atoms with Gasteiger partial charge in [-0.2, -0.15) is 0 Å². The van der Waals surface area contributed by atoms with Crippen molar-refractivity contribution in [2.24, 2.45) is 0 Å². The third-order valence-electron chi connectivity index (χ3n) is 2.74. The summed E-state index contributed by atoms with van der Waals surface area (Å²) < 4.78 is 22.8. The van der Waals surface area contributed by atoms with Crippen molar-refractivity contribution in [2.45, 2.75) is 38.1 Å². The number of nitrogens with one attached hydrogen (secondary N) is 1. The lowest BCUT2D eigenvalue weighted by molar-refractivity contribution is 0.0939. The van der Waals surface area contributed by atoms with Crippen LogP contribution in [0.2, 0.25) is 5.02 Å². The van der Waals surface area contributed by atoms with Crippen LogP contribution in [-0.4, -0.2) is 20.4 Å². The fraction of sp³-hybridized carbons (Fsp3) is 0.417. The van der Waals surface area contributed by atoms with E-state index in [1.54, 1.807) is 6.92 Å². The summed E-state index contributed by atoms with van der Waals surface area (Å²) in [6.07, 6.45) is 0.777. The molecule has 0 saturated heterocycles. The number of halogens is 2. The molecule has 1 aromatic rings. The average molecular weight is 324 g/mol. The average Bonchev–Trinajstić information content (AvgIpc) is 2.30. The zero-order chi connectivity index (χ0) is 14.8. The van der Waals surface area contributed by atoms with E-state index in [9.17, 15) is 13.2 Å². The fourth-order valence-electron chi connectivity index (χ4n) is 1.45. The van der Waals surface area contributed by atoms with Crippen molar-refractivity contribution < 1.29 is 13.2 Å². The van der Waals surface area contributed by atoms with Crippen molar-refractivity contribution in [1.29, 1.82) is 0 Å². The second kappa shape index (κ2) is 6.11. The molecule has 1 unspecified atom stereocenters. The largest absolute Gasteiger partial charge is 0.350 e. The molecule has 0 aromatic heterocycles. The van der Waals surface area contributed by atoms with Crippen LogP contribution in [0.1, 0.15) is 36.2 Å². The summed E-state index contributed by atoms with van der Waals surface area (Å²) >= 11 is 5.89. The predicted octanol–water partition coefficient (Wildman–Crippen LogP) is 3.10. The van der Waals surface area contributed by atoms with Crippen molar-refractivity contribution in [2.75, 3.05) is 0 Å². The van der Waals surface area contributed by atoms with E-state index in [-0.39, 0.29) is 27.4 Å². The van der Waals surface area contributed by atoms with Crippen molar-refractivity contribution in [3.05, 3.63) is 28.3 Å². The van der Waals surface area contributed by atoms with Crippen LogP contribution in [0.25, 0.3) is 0 Å². The minimum atomic E-state index is -3.99. The lowest BCUT2D eigenvalue weighted by Crippen LogP contribution is -2.32. The van der Waals surface area contributed by atoms with E-state index >= 15 is 0 Å². The molecule has 19 heavy (non-hydrogen) atoms. The van der Waals surface area contributed by atoms with E-state index in [4.69, 9.17) is 22.3 Å². The minimum absolute atomic E-state index is 0.000423. The number of hydrogen-bond acceptors (Lipinski definition) is 3. The summed E-state index contributed by atoms with van der Waals surface area (Å²) in [7, 11) is 1.32. The van der Waals surface area contributed by atoms with Crippen LogP contribution in [0.3, 0.4) is 0 Å². The van der Waals surface area contributed by atoms with Crippen LogP contribution in [0, 0.1) is 6.92 Å². The highest BCUT2D eigenvalue weighted by Gasteiger charge is 2.20. The molecular formula is C12H15Cl2NO3S. The maximum Gasteiger partial charge on any atom is 0.262 e. The normalized spacial score (nSPS) is 13.1. The monoisotopic (exact) mass is 323 g/mol. The first-order valence-corrected chi connectivity index (χ1v) is 8.41. The summed E-state index contributed by atoms with van der Waals surface area (Å²) in [5, 5.41) is 2.79. The number of aryl methyl sites for hydroxylation is 1. The zero-order valence-corrected chi connectivity index (χ0v) is 13.2. The number of carbonyl (C=O) groups is 1. The van der Waals surface area contributed by atoms with Gasteiger partial charge in [0.15, 0.2) is 0 Å². The Labute approximate surface area is 122 Å². The molecule has 0 aliphatic heterocycles. The van der Waals surface area contributed by atoms with E-state index in [0.29, 0.717) is 5.56 Å². The van der Waals surface area contributed by atoms with Crippen molar-refractivity contribution >= 4 is 37.2 Å². The molecule has 4 nitrogen and oxygen atoms in total. The predicted molar refractivity (Wildman–Crippen MR) is 76.4 cm³/mol. The van der Waals surface area contributed by atoms with Crippen molar-refractivity contribution in [1.82, 2.24) is 5.32 Å². The number of benzene rings is 1. The van der Waals surface area contributed by atoms with Gasteiger partial charge in [0.2, 0.25) is 0 Å². The molecule has 1 aromatic carbocycles. The number of rotatable bonds is 4. The summed E-state index contributed by atoms with van der Waals surface area (Å²) in [6.45, 7) is 5.42. The molecule has 0 saturated carbocycles. The van der Waals surface area contributed by atoms with E-state index in [2.05, 4.69) is 5.32 Å². The highest BCUT2D eigenvalue weighted by Crippen LogP contribution is 2.29. The van der Waals surface area contributed by atoms with Gasteiger partial charge in [-0.15, -0.1) is 0 Å². The van der Waals surface area contributed by atoms with Gasteiger partial charge in [0.05, 0.1) is 5.02 Å². The number of carbonyl (C=O) groups excluding carboxylic acids is 1. The van der Waals surface area contributed by atoms with Crippen molar-refractivity contribution in [3.63, 3.8) is 0 Å². The van der Waals surface area contributed by atoms with Gasteiger partial charge in [0, 0.05) is 22.3 Å². The van der Waals surface area contributed by atoms with Gasteiger partial charge in [-0.05, 0) is 38.0 Å². The summed E-state index contributed by atoms with van der Waals surface area (Å²) in [4.78, 5) is 11.7. The molecule has 0 spiro atoms. The molecule has 106 valence electrons. The van der Waals surface area contributed by atoms with Gasteiger partial charge in [0.25, 0.3) is 15.0 Å². The van der Waals surface area contributed by atoms with Gasteiger partial charge in [-0.1, -0.05) is 18.5 Å². The highest BCUT2D eigenvalue weighted by atomic mass is 35.7. The van der Waals surface area contributed by atoms with Crippen LogP contribution in [0.15, 0.2) is 17.0 Å². The van der Waals surface area contributed by atoms with Crippen molar-refractivity contribution in [3.8, 4) is 0 Å². The van der Waals surface area contributed by atoms with Gasteiger partial charge < -0.3 is 5.32 Å². The van der Waals surface area contributed by atoms with Gasteiger partial charge in [-0.25, -0.2) is 8.42 Å². The zero-order valence-electron chi connectivity index (χ0n) is 10.8. The lowest BCUT2D eigenvalue weighted by Gasteiger charge is -2.13. The Kier molecular flexibility index (Phi) is 5.24. The molecule has 7 heteroatoms. The first-order valence-electron chi connectivity index (χ1n) is 5.72. The van der Waals surface area contributed by atoms with E-state index < -0.39 is 9.05 Å². The first-order chi connectivity index (χ1) is 8.66. The van der Waals surface area contributed by atoms with Crippen LogP contribution in [0.4, 0.5) is 0 Å². The smallest absolute Gasteiger partial charge is 0.262 e. The van der Waals surface area contributed by atoms with Gasteiger partial charge in [0.1, 0.15) is 4.90 Å². The van der Waals surface area contributed by atoms with E-state index in [1.807, 2.05) is 13.8 Å². The first kappa shape index (κ1) is 16.3. The topological polar surface area (TPSA) is 63.2 Å². The minimum Gasteiger partial charge on any atom is -0.350 e. The highest BCUT2D eigenvalue weighted by molar-refractivity contribution is 8.13. The Morgan fingerprint density at radius 2 is 2.00 bits per heavy atom. The fourth-order valence-corrected chi connectivity index (χ4v) is 3.00. The molecule has 0 heterocycles. The molecule has 0 bridgehead atoms. The third kappa shape index (κ3) is 4.09. The third-order valence-corrected chi connectivity index (χ3v) is 4.70. The molecular weight excluding hydrogens is 309 g/mol. The summed E-state index contributed by atoms with van der Waals surface area (Å²) in [5.74, 6) is -0.351. The SMILES string of the molecule is CCC(C)NC(=O)c1cc(C)c(Cl)c(S(=O)(=O)Cl)c1. The Morgan fingerprint density at radius 1 is 1.42 bits per heavy atom. The number of hydrogen-bond donors (Lipinski definition) is 1. The summed E-state index contributed by atoms with van der Waals surface area (Å²) in [5.41, 5.74) is 0.708. The van der Waals surface area contributed by atoms with Crippen LogP contribution in [0.5, 0.6) is 0 Å². The molecule has 1 rings (SSSR count). The van der Waals surface area contributed by atoms with Crippen LogP contribution < -0.4 is 5.32 Å².